The van der Waals surface area contributed by atoms with Crippen LogP contribution in [0.15, 0.2) is 18.2 Å². The van der Waals surface area contributed by atoms with Gasteiger partial charge in [0.05, 0.1) is 12.6 Å². The summed E-state index contributed by atoms with van der Waals surface area (Å²) in [6.45, 7) is 2.88. The SMILES string of the molecule is Cc1ccc2c(c1)N[C@@H](C[NH+]=C(N)N)CC2. The second-order valence-electron chi connectivity index (χ2n) is 4.38. The largest absolute Gasteiger partial charge is 0.379 e. The van der Waals surface area contributed by atoms with Crippen LogP contribution in [-0.2, 0) is 6.42 Å². The molecule has 0 saturated heterocycles. The van der Waals surface area contributed by atoms with Gasteiger partial charge in [-0.15, -0.1) is 0 Å². The van der Waals surface area contributed by atoms with Gasteiger partial charge in [-0.2, -0.15) is 0 Å². The minimum Gasteiger partial charge on any atom is -0.379 e. The first-order chi connectivity index (χ1) is 7.65. The number of nitrogens with one attached hydrogen (secondary N) is 2. The fraction of sp³-hybridized carbons (Fsp3) is 0.417. The number of nitrogens with two attached hydrogens (primary N) is 2. The van der Waals surface area contributed by atoms with E-state index in [1.165, 1.54) is 16.8 Å². The van der Waals surface area contributed by atoms with E-state index in [1.807, 2.05) is 0 Å². The molecule has 1 atom stereocenters. The molecule has 0 aromatic heterocycles. The highest BCUT2D eigenvalue weighted by Gasteiger charge is 2.17. The molecule has 1 aliphatic heterocycles. The molecule has 1 heterocycles. The quantitative estimate of drug-likeness (QED) is 0.383. The van der Waals surface area contributed by atoms with Crippen molar-refractivity contribution in [3.8, 4) is 0 Å². The predicted octanol–water partition coefficient (Wildman–Crippen LogP) is -0.924. The van der Waals surface area contributed by atoms with Gasteiger partial charge in [-0.3, -0.25) is 16.5 Å². The van der Waals surface area contributed by atoms with Gasteiger partial charge in [0.15, 0.2) is 0 Å². The zero-order valence-corrected chi connectivity index (χ0v) is 9.59. The lowest BCUT2D eigenvalue weighted by Crippen LogP contribution is -2.80. The van der Waals surface area contributed by atoms with Gasteiger partial charge in [0, 0.05) is 5.69 Å². The van der Waals surface area contributed by atoms with Gasteiger partial charge in [0.2, 0.25) is 0 Å². The second kappa shape index (κ2) is 4.43. The number of hydrogen-bond acceptors (Lipinski definition) is 1. The lowest BCUT2D eigenvalue weighted by molar-refractivity contribution is -0.461. The Morgan fingerprint density at radius 2 is 2.31 bits per heavy atom. The molecule has 0 amide bonds. The Morgan fingerprint density at radius 3 is 3.06 bits per heavy atom. The topological polar surface area (TPSA) is 78.0 Å². The molecule has 16 heavy (non-hydrogen) atoms. The minimum absolute atomic E-state index is 0.289. The molecule has 0 fully saturated rings. The maximum absolute atomic E-state index is 5.38. The highest BCUT2D eigenvalue weighted by molar-refractivity contribution is 5.69. The molecule has 1 aromatic rings. The first-order valence-corrected chi connectivity index (χ1v) is 5.63. The third-order valence-corrected chi connectivity index (χ3v) is 2.94. The highest BCUT2D eigenvalue weighted by Crippen LogP contribution is 2.25. The number of aryl methyl sites for hydroxylation is 2. The third-order valence-electron chi connectivity index (χ3n) is 2.94. The standard InChI is InChI=1S/C12H18N4/c1-8-2-3-9-4-5-10(7-15-12(13)14)16-11(9)6-8/h2-3,6,10,16H,4-5,7H2,1H3,(H4,13,14,15)/p+1/t10-/m1/s1. The average Bonchev–Trinajstić information content (AvgIpc) is 2.25. The van der Waals surface area contributed by atoms with Crippen LogP contribution < -0.4 is 21.8 Å². The number of anilines is 1. The first kappa shape index (κ1) is 10.8. The van der Waals surface area contributed by atoms with Gasteiger partial charge in [-0.05, 0) is 37.0 Å². The van der Waals surface area contributed by atoms with Gasteiger partial charge in [0.1, 0.15) is 0 Å². The molecule has 6 N–H and O–H groups in total. The zero-order chi connectivity index (χ0) is 11.5. The summed E-state index contributed by atoms with van der Waals surface area (Å²) in [6, 6.07) is 6.95. The average molecular weight is 219 g/mol. The summed E-state index contributed by atoms with van der Waals surface area (Å²) < 4.78 is 0. The van der Waals surface area contributed by atoms with Crippen LogP contribution in [-0.4, -0.2) is 18.5 Å². The van der Waals surface area contributed by atoms with Crippen molar-refractivity contribution >= 4 is 11.6 Å². The van der Waals surface area contributed by atoms with E-state index in [1.54, 1.807) is 0 Å². The van der Waals surface area contributed by atoms with Crippen LogP contribution >= 0.6 is 0 Å². The lowest BCUT2D eigenvalue weighted by Gasteiger charge is -2.25. The van der Waals surface area contributed by atoms with E-state index in [2.05, 4.69) is 35.4 Å². The fourth-order valence-electron chi connectivity index (χ4n) is 2.06. The molecule has 0 saturated carbocycles. The normalized spacial score (nSPS) is 18.4. The fourth-order valence-corrected chi connectivity index (χ4v) is 2.06. The maximum Gasteiger partial charge on any atom is 0.338 e. The Hall–Kier alpha value is -1.71. The Kier molecular flexibility index (Phi) is 2.99. The number of fused-ring (bicyclic) bond motifs is 1. The summed E-state index contributed by atoms with van der Waals surface area (Å²) in [4.78, 5) is 2.97. The van der Waals surface area contributed by atoms with Crippen LogP contribution in [0, 0.1) is 6.92 Å². The van der Waals surface area contributed by atoms with Crippen molar-refractivity contribution in [2.45, 2.75) is 25.8 Å². The number of hydrogen-bond donors (Lipinski definition) is 4. The molecule has 1 aliphatic rings. The molecule has 0 aliphatic carbocycles. The molecule has 4 nitrogen and oxygen atoms in total. The molecule has 0 bridgehead atoms. The molecule has 2 rings (SSSR count). The number of benzene rings is 1. The van der Waals surface area contributed by atoms with Crippen LogP contribution in [0.25, 0.3) is 0 Å². The lowest BCUT2D eigenvalue weighted by atomic mass is 9.97. The summed E-state index contributed by atoms with van der Waals surface area (Å²) in [7, 11) is 0. The third kappa shape index (κ3) is 2.45. The van der Waals surface area contributed by atoms with Crippen molar-refractivity contribution in [2.75, 3.05) is 11.9 Å². The van der Waals surface area contributed by atoms with Crippen molar-refractivity contribution in [1.82, 2.24) is 0 Å². The van der Waals surface area contributed by atoms with Gasteiger partial charge in [0.25, 0.3) is 0 Å². The molecule has 4 heteroatoms. The summed E-state index contributed by atoms with van der Waals surface area (Å²) >= 11 is 0. The van der Waals surface area contributed by atoms with Crippen LogP contribution in [0.2, 0.25) is 0 Å². The van der Waals surface area contributed by atoms with E-state index >= 15 is 0 Å². The van der Waals surface area contributed by atoms with Crippen molar-refractivity contribution in [2.24, 2.45) is 11.5 Å². The number of rotatable bonds is 2. The highest BCUT2D eigenvalue weighted by atomic mass is 15.0. The van der Waals surface area contributed by atoms with E-state index in [9.17, 15) is 0 Å². The molecule has 0 spiro atoms. The van der Waals surface area contributed by atoms with Crippen LogP contribution in [0.1, 0.15) is 17.5 Å². The van der Waals surface area contributed by atoms with Crippen LogP contribution in [0.3, 0.4) is 0 Å². The molecule has 1 aromatic carbocycles. The smallest absolute Gasteiger partial charge is 0.338 e. The molecule has 0 unspecified atom stereocenters. The van der Waals surface area contributed by atoms with Crippen LogP contribution in [0.4, 0.5) is 5.69 Å². The zero-order valence-electron chi connectivity index (χ0n) is 9.59. The monoisotopic (exact) mass is 219 g/mol. The van der Waals surface area contributed by atoms with Crippen molar-refractivity contribution in [1.29, 1.82) is 0 Å². The van der Waals surface area contributed by atoms with E-state index in [4.69, 9.17) is 11.5 Å². The van der Waals surface area contributed by atoms with Crippen molar-refractivity contribution in [3.63, 3.8) is 0 Å². The summed E-state index contributed by atoms with van der Waals surface area (Å²) in [5.74, 6) is 0.289. The van der Waals surface area contributed by atoms with Gasteiger partial charge < -0.3 is 5.32 Å². The van der Waals surface area contributed by atoms with E-state index in [0.29, 0.717) is 6.04 Å². The minimum atomic E-state index is 0.289. The van der Waals surface area contributed by atoms with Gasteiger partial charge in [-0.1, -0.05) is 12.1 Å². The van der Waals surface area contributed by atoms with Crippen molar-refractivity contribution < 1.29 is 4.99 Å². The van der Waals surface area contributed by atoms with E-state index in [0.717, 1.165) is 19.4 Å². The first-order valence-electron chi connectivity index (χ1n) is 5.63. The molecule has 86 valence electrons. The van der Waals surface area contributed by atoms with Crippen LogP contribution in [0.5, 0.6) is 0 Å². The summed E-state index contributed by atoms with van der Waals surface area (Å²) in [6.07, 6.45) is 2.22. The number of guanidine groups is 1. The Balaban J connectivity index is 2.08. The molecular formula is C12H19N4+. The van der Waals surface area contributed by atoms with E-state index in [-0.39, 0.29) is 5.96 Å². The Morgan fingerprint density at radius 1 is 1.50 bits per heavy atom. The summed E-state index contributed by atoms with van der Waals surface area (Å²) in [5, 5.41) is 3.51. The molecular weight excluding hydrogens is 200 g/mol. The van der Waals surface area contributed by atoms with E-state index < -0.39 is 0 Å². The maximum atomic E-state index is 5.38. The predicted molar refractivity (Wildman–Crippen MR) is 66.1 cm³/mol. The van der Waals surface area contributed by atoms with Gasteiger partial charge >= 0.3 is 5.96 Å². The van der Waals surface area contributed by atoms with Crippen molar-refractivity contribution in [3.05, 3.63) is 29.3 Å². The Labute approximate surface area is 95.7 Å². The molecule has 0 radical (unpaired) electrons. The second-order valence-corrected chi connectivity index (χ2v) is 4.38. The summed E-state index contributed by atoms with van der Waals surface area (Å²) in [5.41, 5.74) is 14.7. The van der Waals surface area contributed by atoms with Gasteiger partial charge in [-0.25, -0.2) is 0 Å². The Bertz CT molecular complexity index is 407.